The molecule has 0 aromatic rings. The van der Waals surface area contributed by atoms with Gasteiger partial charge in [0.2, 0.25) is 0 Å². The third-order valence-corrected chi connectivity index (χ3v) is 2.96. The second-order valence-corrected chi connectivity index (χ2v) is 4.19. The normalized spacial score (nSPS) is 25.1. The van der Waals surface area contributed by atoms with Gasteiger partial charge in [0.05, 0.1) is 0 Å². The Balaban J connectivity index is 1.80. The van der Waals surface area contributed by atoms with Gasteiger partial charge in [-0.25, -0.2) is 0 Å². The average molecular weight is 191 g/mol. The molecule has 14 heavy (non-hydrogen) atoms. The van der Waals surface area contributed by atoms with E-state index in [1.807, 2.05) is 0 Å². The summed E-state index contributed by atoms with van der Waals surface area (Å²) in [7, 11) is 2.20. The molecule has 0 spiro atoms. The molecule has 0 unspecified atom stereocenters. The maximum absolute atomic E-state index is 2.54. The highest BCUT2D eigenvalue weighted by atomic mass is 15.2. The number of allylic oxidation sites excluding steroid dienone is 2. The topological polar surface area (TPSA) is 6.48 Å². The van der Waals surface area contributed by atoms with Gasteiger partial charge in [0.15, 0.2) is 0 Å². The van der Waals surface area contributed by atoms with E-state index in [-0.39, 0.29) is 0 Å². The molecule has 2 aliphatic rings. The Bertz CT molecular complexity index is 235. The van der Waals surface area contributed by atoms with Crippen LogP contribution >= 0.6 is 0 Å². The standard InChI is InChI=1S/C12H19N2/c1-13-7-9-14(10-8-13)11-12-5-3-2-4-6-12/h2-3,5-6H,4,7-11H2,1H3. The maximum atomic E-state index is 2.54. The molecule has 2 nitrogen and oxygen atoms in total. The van der Waals surface area contributed by atoms with Crippen LogP contribution in [-0.4, -0.2) is 49.6 Å². The van der Waals surface area contributed by atoms with E-state index in [1.54, 1.807) is 0 Å². The van der Waals surface area contributed by atoms with Crippen molar-refractivity contribution in [2.24, 2.45) is 0 Å². The Labute approximate surface area is 86.9 Å². The van der Waals surface area contributed by atoms with Crippen molar-refractivity contribution in [3.63, 3.8) is 0 Å². The first kappa shape index (κ1) is 9.94. The SMILES string of the molecule is CN1CCN(CC2=CC[CH]C=C2)CC1. The molecule has 1 saturated heterocycles. The number of rotatable bonds is 2. The zero-order valence-electron chi connectivity index (χ0n) is 8.95. The molecule has 2 heteroatoms. The van der Waals surface area contributed by atoms with Crippen molar-refractivity contribution in [2.45, 2.75) is 6.42 Å². The lowest BCUT2D eigenvalue weighted by Crippen LogP contribution is -2.44. The third-order valence-electron chi connectivity index (χ3n) is 2.96. The largest absolute Gasteiger partial charge is 0.304 e. The monoisotopic (exact) mass is 191 g/mol. The Morgan fingerprint density at radius 2 is 2.00 bits per heavy atom. The molecule has 1 aliphatic carbocycles. The van der Waals surface area contributed by atoms with Crippen LogP contribution in [0.4, 0.5) is 0 Å². The lowest BCUT2D eigenvalue weighted by molar-refractivity contribution is 0.164. The van der Waals surface area contributed by atoms with Crippen LogP contribution in [0.3, 0.4) is 0 Å². The van der Waals surface area contributed by atoms with Crippen molar-refractivity contribution in [1.82, 2.24) is 9.80 Å². The molecule has 0 amide bonds. The fourth-order valence-corrected chi connectivity index (χ4v) is 1.94. The van der Waals surface area contributed by atoms with E-state index < -0.39 is 0 Å². The first-order chi connectivity index (χ1) is 6.84. The van der Waals surface area contributed by atoms with Crippen molar-refractivity contribution in [3.05, 3.63) is 30.2 Å². The predicted octanol–water partition coefficient (Wildman–Crippen LogP) is 1.32. The lowest BCUT2D eigenvalue weighted by atomic mass is 10.1. The van der Waals surface area contributed by atoms with Gasteiger partial charge >= 0.3 is 0 Å². The average Bonchev–Trinajstić information content (AvgIpc) is 2.23. The molecular formula is C12H19N2. The highest BCUT2D eigenvalue weighted by molar-refractivity contribution is 5.27. The fraction of sp³-hybridized carbons (Fsp3) is 0.583. The summed E-state index contributed by atoms with van der Waals surface area (Å²) in [4.78, 5) is 4.94. The molecule has 0 N–H and O–H groups in total. The summed E-state index contributed by atoms with van der Waals surface area (Å²) in [6, 6.07) is 0. The molecule has 0 aromatic heterocycles. The molecule has 77 valence electrons. The quantitative estimate of drug-likeness (QED) is 0.649. The van der Waals surface area contributed by atoms with Gasteiger partial charge in [0.1, 0.15) is 0 Å². The minimum atomic E-state index is 1.11. The number of hydrogen-bond acceptors (Lipinski definition) is 2. The van der Waals surface area contributed by atoms with Gasteiger partial charge in [-0.2, -0.15) is 0 Å². The van der Waals surface area contributed by atoms with E-state index in [1.165, 1.54) is 31.8 Å². The number of likely N-dealkylation sites (N-methyl/N-ethyl adjacent to an activating group) is 1. The zero-order valence-corrected chi connectivity index (χ0v) is 8.95. The summed E-state index contributed by atoms with van der Waals surface area (Å²) < 4.78 is 0. The van der Waals surface area contributed by atoms with Crippen LogP contribution in [0.2, 0.25) is 0 Å². The fourth-order valence-electron chi connectivity index (χ4n) is 1.94. The Morgan fingerprint density at radius 3 is 2.64 bits per heavy atom. The van der Waals surface area contributed by atoms with E-state index in [0.29, 0.717) is 0 Å². The Morgan fingerprint density at radius 1 is 1.21 bits per heavy atom. The summed E-state index contributed by atoms with van der Waals surface area (Å²) in [5, 5.41) is 0. The van der Waals surface area contributed by atoms with E-state index in [2.05, 4.69) is 41.5 Å². The molecule has 1 radical (unpaired) electrons. The number of hydrogen-bond donors (Lipinski definition) is 0. The first-order valence-electron chi connectivity index (χ1n) is 5.44. The van der Waals surface area contributed by atoms with Crippen LogP contribution in [0.25, 0.3) is 0 Å². The van der Waals surface area contributed by atoms with E-state index >= 15 is 0 Å². The molecule has 0 saturated carbocycles. The van der Waals surface area contributed by atoms with Crippen LogP contribution in [0.15, 0.2) is 23.8 Å². The van der Waals surface area contributed by atoms with Gasteiger partial charge in [0.25, 0.3) is 0 Å². The summed E-state index contributed by atoms with van der Waals surface area (Å²) in [5.41, 5.74) is 1.48. The van der Waals surface area contributed by atoms with Crippen molar-refractivity contribution < 1.29 is 0 Å². The second-order valence-electron chi connectivity index (χ2n) is 4.19. The Hall–Kier alpha value is -0.600. The molecule has 1 heterocycles. The van der Waals surface area contributed by atoms with Crippen molar-refractivity contribution in [1.29, 1.82) is 0 Å². The van der Waals surface area contributed by atoms with Crippen LogP contribution in [0, 0.1) is 6.42 Å². The number of nitrogens with zero attached hydrogens (tertiary/aromatic N) is 2. The molecule has 1 aliphatic heterocycles. The van der Waals surface area contributed by atoms with Crippen LogP contribution in [0.5, 0.6) is 0 Å². The Kier molecular flexibility index (Phi) is 3.38. The molecule has 0 bridgehead atoms. The van der Waals surface area contributed by atoms with Gasteiger partial charge < -0.3 is 4.90 Å². The van der Waals surface area contributed by atoms with Gasteiger partial charge in [-0.3, -0.25) is 4.90 Å². The van der Waals surface area contributed by atoms with Crippen molar-refractivity contribution in [2.75, 3.05) is 39.8 Å². The third kappa shape index (κ3) is 2.69. The second kappa shape index (κ2) is 4.76. The molecule has 0 atom stereocenters. The molecule has 1 fully saturated rings. The molecule has 2 rings (SSSR count). The smallest absolute Gasteiger partial charge is 0.0231 e. The van der Waals surface area contributed by atoms with Crippen LogP contribution in [-0.2, 0) is 0 Å². The highest BCUT2D eigenvalue weighted by Gasteiger charge is 2.14. The van der Waals surface area contributed by atoms with Crippen molar-refractivity contribution in [3.8, 4) is 0 Å². The molecular weight excluding hydrogens is 172 g/mol. The number of piperazine rings is 1. The predicted molar refractivity (Wildman–Crippen MR) is 60.1 cm³/mol. The molecule has 0 aromatic carbocycles. The zero-order chi connectivity index (χ0) is 9.80. The van der Waals surface area contributed by atoms with E-state index in [9.17, 15) is 0 Å². The summed E-state index contributed by atoms with van der Waals surface area (Å²) in [5.74, 6) is 0. The first-order valence-corrected chi connectivity index (χ1v) is 5.44. The summed E-state index contributed by atoms with van der Waals surface area (Å²) in [6.45, 7) is 5.99. The van der Waals surface area contributed by atoms with Crippen LogP contribution in [0.1, 0.15) is 6.42 Å². The lowest BCUT2D eigenvalue weighted by Gasteiger charge is -2.32. The van der Waals surface area contributed by atoms with E-state index in [0.717, 1.165) is 13.0 Å². The minimum Gasteiger partial charge on any atom is -0.304 e. The van der Waals surface area contributed by atoms with Gasteiger partial charge in [-0.15, -0.1) is 0 Å². The van der Waals surface area contributed by atoms with Crippen LogP contribution < -0.4 is 0 Å². The van der Waals surface area contributed by atoms with Gasteiger partial charge in [-0.05, 0) is 25.5 Å². The minimum absolute atomic E-state index is 1.11. The summed E-state index contributed by atoms with van der Waals surface area (Å²) >= 11 is 0. The maximum Gasteiger partial charge on any atom is 0.0231 e. The summed E-state index contributed by atoms with van der Waals surface area (Å²) in [6.07, 6.45) is 10.1. The highest BCUT2D eigenvalue weighted by Crippen LogP contribution is 2.11. The van der Waals surface area contributed by atoms with Crippen molar-refractivity contribution >= 4 is 0 Å². The van der Waals surface area contributed by atoms with E-state index in [4.69, 9.17) is 0 Å². The van der Waals surface area contributed by atoms with Gasteiger partial charge in [0, 0.05) is 32.7 Å². The van der Waals surface area contributed by atoms with Gasteiger partial charge in [-0.1, -0.05) is 18.2 Å².